The summed E-state index contributed by atoms with van der Waals surface area (Å²) < 4.78 is 12.6. The minimum absolute atomic E-state index is 0.143. The summed E-state index contributed by atoms with van der Waals surface area (Å²) >= 11 is 6.70. The van der Waals surface area contributed by atoms with Crippen LogP contribution in [0.5, 0.6) is 5.75 Å². The third-order valence-corrected chi connectivity index (χ3v) is 6.74. The zero-order chi connectivity index (χ0) is 29.1. The monoisotopic (exact) mass is 673 g/mol. The number of anilines is 2. The number of imide groups is 1. The van der Waals surface area contributed by atoms with Crippen LogP contribution in [0, 0.1) is 0 Å². The molecule has 3 aromatic rings. The number of allylic oxidation sites excluding steroid dienone is 1. The Kier molecular flexibility index (Phi) is 11.7. The lowest BCUT2D eigenvalue weighted by molar-refractivity contribution is -0.111. The van der Waals surface area contributed by atoms with E-state index in [0.29, 0.717) is 33.2 Å². The molecule has 210 valence electrons. The summed E-state index contributed by atoms with van der Waals surface area (Å²) in [6, 6.07) is 18.4. The molecule has 0 saturated carbocycles. The van der Waals surface area contributed by atoms with Crippen LogP contribution in [0.4, 0.5) is 16.2 Å². The number of hydrogen-bond acceptors (Lipinski definition) is 7. The molecule has 9 nitrogen and oxygen atoms in total. The number of nitrogens with two attached hydrogens (primary N) is 1. The fourth-order valence-corrected chi connectivity index (χ4v) is 5.07. The average molecular weight is 675 g/mol. The molecular formula is C29H29Br2N3O6. The van der Waals surface area contributed by atoms with Crippen molar-refractivity contribution in [3.05, 3.63) is 99.0 Å². The molecule has 0 aliphatic rings. The molecule has 0 unspecified atom stereocenters. The van der Waals surface area contributed by atoms with Crippen molar-refractivity contribution in [2.45, 2.75) is 32.0 Å². The lowest BCUT2D eigenvalue weighted by atomic mass is 9.99. The van der Waals surface area contributed by atoms with Gasteiger partial charge < -0.3 is 25.6 Å². The first-order valence-corrected chi connectivity index (χ1v) is 14.0. The maximum atomic E-state index is 12.8. The maximum absolute atomic E-state index is 12.8. The molecule has 0 fully saturated rings. The first kappa shape index (κ1) is 30.9. The number of halogens is 2. The van der Waals surface area contributed by atoms with Gasteiger partial charge in [0.15, 0.2) is 6.10 Å². The van der Waals surface area contributed by atoms with Crippen LogP contribution < -0.4 is 16.4 Å². The number of para-hydroxylation sites is 2. The van der Waals surface area contributed by atoms with E-state index >= 15 is 0 Å². The summed E-state index contributed by atoms with van der Waals surface area (Å²) in [6.45, 7) is 2.07. The number of rotatable bonds is 11. The lowest BCUT2D eigenvalue weighted by Gasteiger charge is -2.28. The van der Waals surface area contributed by atoms with Gasteiger partial charge >= 0.3 is 6.09 Å². The number of benzene rings is 3. The zero-order valence-electron chi connectivity index (χ0n) is 21.6. The lowest BCUT2D eigenvalue weighted by Crippen LogP contribution is -2.35. The molecular weight excluding hydrogens is 646 g/mol. The van der Waals surface area contributed by atoms with Crippen molar-refractivity contribution in [1.82, 2.24) is 5.32 Å². The second-order valence-corrected chi connectivity index (χ2v) is 10.3. The van der Waals surface area contributed by atoms with Gasteiger partial charge in [0.2, 0.25) is 5.91 Å². The molecule has 2 atom stereocenters. The molecule has 0 heterocycles. The summed E-state index contributed by atoms with van der Waals surface area (Å²) in [5.74, 6) is -1.13. The summed E-state index contributed by atoms with van der Waals surface area (Å²) in [5, 5.41) is 15.7. The van der Waals surface area contributed by atoms with E-state index in [1.807, 2.05) is 0 Å². The van der Waals surface area contributed by atoms with Crippen molar-refractivity contribution in [3.63, 3.8) is 0 Å². The Morgan fingerprint density at radius 2 is 1.75 bits per heavy atom. The first-order valence-electron chi connectivity index (χ1n) is 12.4. The van der Waals surface area contributed by atoms with E-state index in [4.69, 9.17) is 15.2 Å². The first-order chi connectivity index (χ1) is 19.2. The zero-order valence-corrected chi connectivity index (χ0v) is 24.8. The summed E-state index contributed by atoms with van der Waals surface area (Å²) in [7, 11) is 0. The highest BCUT2D eigenvalue weighted by atomic mass is 79.9. The third-order valence-electron chi connectivity index (χ3n) is 5.67. The fraction of sp³-hybridized carbons (Fsp3) is 0.207. The molecule has 3 aromatic carbocycles. The Morgan fingerprint density at radius 3 is 2.45 bits per heavy atom. The molecule has 40 heavy (non-hydrogen) atoms. The van der Waals surface area contributed by atoms with Crippen LogP contribution in [0.1, 0.15) is 41.8 Å². The van der Waals surface area contributed by atoms with E-state index in [-0.39, 0.29) is 29.4 Å². The van der Waals surface area contributed by atoms with Crippen molar-refractivity contribution < 1.29 is 29.0 Å². The number of ether oxygens (including phenoxy) is 2. The van der Waals surface area contributed by atoms with E-state index in [1.54, 1.807) is 79.7 Å². The van der Waals surface area contributed by atoms with Gasteiger partial charge in [-0.3, -0.25) is 14.9 Å². The molecule has 0 aliphatic carbocycles. The fourth-order valence-electron chi connectivity index (χ4n) is 3.81. The number of carbonyl (C=O) groups excluding carboxylic acids is 3. The molecule has 0 bridgehead atoms. The van der Waals surface area contributed by atoms with Crippen molar-refractivity contribution in [1.29, 1.82) is 0 Å². The summed E-state index contributed by atoms with van der Waals surface area (Å²) in [4.78, 5) is 37.7. The van der Waals surface area contributed by atoms with Gasteiger partial charge in [0.25, 0.3) is 5.91 Å². The number of phenolic OH excluding ortho intramolecular Hbond substituents is 1. The van der Waals surface area contributed by atoms with Gasteiger partial charge in [-0.2, -0.15) is 0 Å². The number of amides is 3. The normalized spacial score (nSPS) is 12.5. The largest absolute Gasteiger partial charge is 0.506 e. The van der Waals surface area contributed by atoms with Crippen LogP contribution in [0.25, 0.3) is 0 Å². The van der Waals surface area contributed by atoms with Crippen LogP contribution >= 0.6 is 31.9 Å². The van der Waals surface area contributed by atoms with Gasteiger partial charge in [0, 0.05) is 22.2 Å². The van der Waals surface area contributed by atoms with Gasteiger partial charge in [0.1, 0.15) is 5.75 Å². The van der Waals surface area contributed by atoms with E-state index in [1.165, 1.54) is 6.08 Å². The van der Waals surface area contributed by atoms with Crippen LogP contribution in [0.3, 0.4) is 0 Å². The molecule has 11 heteroatoms. The Labute approximate surface area is 249 Å². The van der Waals surface area contributed by atoms with Crippen LogP contribution in [0.2, 0.25) is 0 Å². The number of carbonyl (C=O) groups is 3. The Bertz CT molecular complexity index is 1370. The van der Waals surface area contributed by atoms with Crippen LogP contribution in [0.15, 0.2) is 87.8 Å². The predicted octanol–water partition coefficient (Wildman–Crippen LogP) is 6.49. The predicted molar refractivity (Wildman–Crippen MR) is 160 cm³/mol. The van der Waals surface area contributed by atoms with Gasteiger partial charge in [-0.15, -0.1) is 0 Å². The summed E-state index contributed by atoms with van der Waals surface area (Å²) in [6.07, 6.45) is 0.907. The molecule has 0 aliphatic heterocycles. The highest BCUT2D eigenvalue weighted by Gasteiger charge is 2.31. The Balaban J connectivity index is 1.77. The number of aromatic hydroxyl groups is 1. The number of hydrogen-bond donors (Lipinski definition) is 4. The molecule has 0 saturated heterocycles. The molecule has 0 radical (unpaired) electrons. The van der Waals surface area contributed by atoms with E-state index in [9.17, 15) is 19.5 Å². The average Bonchev–Trinajstić information content (AvgIpc) is 2.93. The van der Waals surface area contributed by atoms with Crippen molar-refractivity contribution in [2.24, 2.45) is 0 Å². The number of nitrogens with one attached hydrogen (secondary N) is 2. The molecule has 0 spiro atoms. The molecule has 3 amide bonds. The number of phenols is 1. The van der Waals surface area contributed by atoms with Gasteiger partial charge in [-0.1, -0.05) is 52.3 Å². The molecule has 5 N–H and O–H groups in total. The Morgan fingerprint density at radius 1 is 1.05 bits per heavy atom. The molecule has 3 rings (SSSR count). The van der Waals surface area contributed by atoms with Gasteiger partial charge in [-0.25, -0.2) is 4.79 Å². The minimum atomic E-state index is -1.09. The molecule has 0 aromatic heterocycles. The third kappa shape index (κ3) is 8.94. The highest BCUT2D eigenvalue weighted by molar-refractivity contribution is 9.11. The number of nitrogen functional groups attached to an aromatic ring is 1. The highest BCUT2D eigenvalue weighted by Crippen LogP contribution is 2.39. The standard InChI is InChI=1S/C29H29Br2N3O6/c1-2-39-24(14-8-9-15-25(35)33-23-13-7-6-12-22(23)32)27(20-16-19(30)17-21(31)26(20)36)40-29(38)34-28(37)18-10-4-3-5-11-18/h3-7,9-13,15-17,24,27,36H,2,8,14,32H2,1H3,(H,33,35)(H,34,37,38)/b15-9+/t24-,27-/m1/s1. The topological polar surface area (TPSA) is 140 Å². The minimum Gasteiger partial charge on any atom is -0.506 e. The van der Waals surface area contributed by atoms with Crippen molar-refractivity contribution in [3.8, 4) is 5.75 Å². The van der Waals surface area contributed by atoms with Crippen molar-refractivity contribution >= 4 is 61.1 Å². The smallest absolute Gasteiger partial charge is 0.414 e. The Hall–Kier alpha value is -3.67. The maximum Gasteiger partial charge on any atom is 0.414 e. The quantitative estimate of drug-likeness (QED) is 0.135. The van der Waals surface area contributed by atoms with E-state index in [2.05, 4.69) is 42.5 Å². The summed E-state index contributed by atoms with van der Waals surface area (Å²) in [5.41, 5.74) is 7.37. The van der Waals surface area contributed by atoms with Crippen LogP contribution in [-0.2, 0) is 14.3 Å². The van der Waals surface area contributed by atoms with E-state index in [0.717, 1.165) is 0 Å². The second-order valence-electron chi connectivity index (χ2n) is 8.52. The second kappa shape index (κ2) is 15.2. The van der Waals surface area contributed by atoms with Gasteiger partial charge in [0.05, 0.1) is 22.0 Å². The number of alkyl carbamates (subject to hydrolysis) is 1. The van der Waals surface area contributed by atoms with Crippen LogP contribution in [-0.4, -0.2) is 35.7 Å². The van der Waals surface area contributed by atoms with Crippen molar-refractivity contribution in [2.75, 3.05) is 17.7 Å². The van der Waals surface area contributed by atoms with Gasteiger partial charge in [-0.05, 0) is 78.2 Å². The van der Waals surface area contributed by atoms with E-state index < -0.39 is 24.2 Å². The SMILES string of the molecule is CCO[C@H](CC/C=C/C(=O)Nc1ccccc1N)[C@H](OC(=O)NC(=O)c1ccccc1)c1cc(Br)cc(Br)c1O.